The molecule has 0 radical (unpaired) electrons. The normalized spacial score (nSPS) is 14.8. The van der Waals surface area contributed by atoms with Gasteiger partial charge >= 0.3 is 0 Å². The molecule has 4 aromatic rings. The predicted octanol–water partition coefficient (Wildman–Crippen LogP) is 3.20. The minimum absolute atomic E-state index is 0.0216. The van der Waals surface area contributed by atoms with Crippen molar-refractivity contribution in [3.8, 4) is 11.5 Å². The highest BCUT2D eigenvalue weighted by Crippen LogP contribution is 2.37. The van der Waals surface area contributed by atoms with Gasteiger partial charge in [0.1, 0.15) is 17.7 Å². The maximum atomic E-state index is 12.9. The number of benzene rings is 2. The number of ether oxygens (including phenoxy) is 2. The quantitative estimate of drug-likeness (QED) is 0.504. The monoisotopic (exact) mass is 417 g/mol. The highest BCUT2D eigenvalue weighted by Gasteiger charge is 2.25. The zero-order valence-corrected chi connectivity index (χ0v) is 17.5. The van der Waals surface area contributed by atoms with Crippen molar-refractivity contribution in [2.75, 3.05) is 32.2 Å². The molecule has 0 amide bonds. The number of para-hydroxylation sites is 1. The summed E-state index contributed by atoms with van der Waals surface area (Å²) in [5.74, 6) is 2.11. The first-order valence-electron chi connectivity index (χ1n) is 10.3. The molecule has 0 bridgehead atoms. The van der Waals surface area contributed by atoms with Crippen LogP contribution in [-0.4, -0.2) is 46.8 Å². The molecule has 0 atom stereocenters. The molecule has 0 saturated carbocycles. The van der Waals surface area contributed by atoms with Gasteiger partial charge in [-0.2, -0.15) is 0 Å². The van der Waals surface area contributed by atoms with E-state index >= 15 is 0 Å². The molecule has 3 heterocycles. The molecule has 5 rings (SSSR count). The van der Waals surface area contributed by atoms with Gasteiger partial charge in [-0.1, -0.05) is 12.1 Å². The zero-order chi connectivity index (χ0) is 21.4. The van der Waals surface area contributed by atoms with Gasteiger partial charge in [0.2, 0.25) is 0 Å². The van der Waals surface area contributed by atoms with Crippen LogP contribution in [0.3, 0.4) is 0 Å². The SMILES string of the molecule is COc1ccc2c(N3CCC(n4cnc5ccccc5c4=O)CC3)ncnc2c1OC. The summed E-state index contributed by atoms with van der Waals surface area (Å²) in [7, 11) is 3.22. The molecule has 31 heavy (non-hydrogen) atoms. The molecule has 0 spiro atoms. The van der Waals surface area contributed by atoms with Crippen molar-refractivity contribution in [1.82, 2.24) is 19.5 Å². The van der Waals surface area contributed by atoms with Crippen molar-refractivity contribution in [3.63, 3.8) is 0 Å². The predicted molar refractivity (Wildman–Crippen MR) is 119 cm³/mol. The first kappa shape index (κ1) is 19.3. The Labute approximate surface area is 179 Å². The summed E-state index contributed by atoms with van der Waals surface area (Å²) in [4.78, 5) is 28.6. The van der Waals surface area contributed by atoms with E-state index in [1.165, 1.54) is 0 Å². The average molecular weight is 417 g/mol. The van der Waals surface area contributed by atoms with Crippen molar-refractivity contribution in [2.45, 2.75) is 18.9 Å². The summed E-state index contributed by atoms with van der Waals surface area (Å²) in [6.45, 7) is 1.56. The lowest BCUT2D eigenvalue weighted by Crippen LogP contribution is -2.38. The molecule has 2 aromatic carbocycles. The van der Waals surface area contributed by atoms with Gasteiger partial charge < -0.3 is 14.4 Å². The summed E-state index contributed by atoms with van der Waals surface area (Å²) in [5, 5.41) is 1.58. The standard InChI is InChI=1S/C23H23N5O3/c1-30-19-8-7-17-20(21(19)31-2)24-13-25-22(17)27-11-9-15(10-12-27)28-14-26-18-6-4-3-5-16(18)23(28)29/h3-8,13-15H,9-12H2,1-2H3. The zero-order valence-electron chi connectivity index (χ0n) is 17.5. The van der Waals surface area contributed by atoms with Gasteiger partial charge in [-0.3, -0.25) is 9.36 Å². The number of anilines is 1. The van der Waals surface area contributed by atoms with Gasteiger partial charge in [-0.25, -0.2) is 15.0 Å². The Morgan fingerprint density at radius 3 is 2.52 bits per heavy atom. The van der Waals surface area contributed by atoms with Gasteiger partial charge in [0.15, 0.2) is 11.5 Å². The number of fused-ring (bicyclic) bond motifs is 2. The van der Waals surface area contributed by atoms with E-state index in [0.29, 0.717) is 16.9 Å². The van der Waals surface area contributed by atoms with E-state index in [-0.39, 0.29) is 11.6 Å². The fraction of sp³-hybridized carbons (Fsp3) is 0.304. The van der Waals surface area contributed by atoms with E-state index in [9.17, 15) is 4.79 Å². The lowest BCUT2D eigenvalue weighted by molar-refractivity contribution is 0.358. The molecule has 0 aliphatic carbocycles. The molecule has 1 aliphatic rings. The third-order valence-corrected chi connectivity index (χ3v) is 5.97. The smallest absolute Gasteiger partial charge is 0.261 e. The summed E-state index contributed by atoms with van der Waals surface area (Å²) in [5.41, 5.74) is 1.48. The van der Waals surface area contributed by atoms with Crippen LogP contribution >= 0.6 is 0 Å². The maximum Gasteiger partial charge on any atom is 0.261 e. The summed E-state index contributed by atoms with van der Waals surface area (Å²) >= 11 is 0. The largest absolute Gasteiger partial charge is 0.493 e. The number of hydrogen-bond acceptors (Lipinski definition) is 7. The third-order valence-electron chi connectivity index (χ3n) is 5.97. The Kier molecular flexibility index (Phi) is 4.89. The average Bonchev–Trinajstić information content (AvgIpc) is 2.83. The topological polar surface area (TPSA) is 82.4 Å². The number of aromatic nitrogens is 4. The van der Waals surface area contributed by atoms with E-state index in [0.717, 1.165) is 48.2 Å². The number of methoxy groups -OCH3 is 2. The van der Waals surface area contributed by atoms with E-state index in [4.69, 9.17) is 9.47 Å². The number of hydrogen-bond donors (Lipinski definition) is 0. The molecule has 1 aliphatic heterocycles. The fourth-order valence-electron chi connectivity index (χ4n) is 4.38. The molecule has 0 N–H and O–H groups in total. The highest BCUT2D eigenvalue weighted by atomic mass is 16.5. The number of rotatable bonds is 4. The van der Waals surface area contributed by atoms with Crippen LogP contribution in [0.25, 0.3) is 21.8 Å². The molecule has 1 saturated heterocycles. The summed E-state index contributed by atoms with van der Waals surface area (Å²) in [6, 6.07) is 11.4. The van der Waals surface area contributed by atoms with E-state index in [1.54, 1.807) is 31.4 Å². The second-order valence-electron chi connectivity index (χ2n) is 7.59. The molecule has 1 fully saturated rings. The van der Waals surface area contributed by atoms with Crippen molar-refractivity contribution >= 4 is 27.6 Å². The molecule has 8 heteroatoms. The second-order valence-corrected chi connectivity index (χ2v) is 7.59. The first-order valence-corrected chi connectivity index (χ1v) is 10.3. The molecular formula is C23H23N5O3. The van der Waals surface area contributed by atoms with E-state index in [1.807, 2.05) is 36.4 Å². The van der Waals surface area contributed by atoms with Gasteiger partial charge in [-0.05, 0) is 37.1 Å². The summed E-state index contributed by atoms with van der Waals surface area (Å²) in [6.07, 6.45) is 4.91. The first-order chi connectivity index (χ1) is 15.2. The van der Waals surface area contributed by atoms with Gasteiger partial charge in [0, 0.05) is 24.5 Å². The third kappa shape index (κ3) is 3.24. The highest BCUT2D eigenvalue weighted by molar-refractivity contribution is 5.95. The Hall–Kier alpha value is -3.68. The lowest BCUT2D eigenvalue weighted by Gasteiger charge is -2.34. The van der Waals surface area contributed by atoms with Crippen molar-refractivity contribution in [3.05, 3.63) is 59.4 Å². The van der Waals surface area contributed by atoms with Crippen LogP contribution in [-0.2, 0) is 0 Å². The van der Waals surface area contributed by atoms with Crippen molar-refractivity contribution in [1.29, 1.82) is 0 Å². The van der Waals surface area contributed by atoms with Gasteiger partial charge in [-0.15, -0.1) is 0 Å². The van der Waals surface area contributed by atoms with Crippen molar-refractivity contribution < 1.29 is 9.47 Å². The summed E-state index contributed by atoms with van der Waals surface area (Å²) < 4.78 is 12.7. The molecule has 0 unspecified atom stereocenters. The molecule has 8 nitrogen and oxygen atoms in total. The van der Waals surface area contributed by atoms with Crippen LogP contribution in [0.1, 0.15) is 18.9 Å². The van der Waals surface area contributed by atoms with Crippen LogP contribution in [0.5, 0.6) is 11.5 Å². The minimum Gasteiger partial charge on any atom is -0.493 e. The van der Waals surface area contributed by atoms with Crippen molar-refractivity contribution in [2.24, 2.45) is 0 Å². The van der Waals surface area contributed by atoms with Gasteiger partial charge in [0.05, 0.1) is 31.4 Å². The Morgan fingerprint density at radius 2 is 1.74 bits per heavy atom. The van der Waals surface area contributed by atoms with Gasteiger partial charge in [0.25, 0.3) is 5.56 Å². The van der Waals surface area contributed by atoms with E-state index < -0.39 is 0 Å². The van der Waals surface area contributed by atoms with E-state index in [2.05, 4.69) is 19.9 Å². The second kappa shape index (κ2) is 7.86. The van der Waals surface area contributed by atoms with Crippen LogP contribution in [0, 0.1) is 0 Å². The van der Waals surface area contributed by atoms with Crippen LogP contribution in [0.2, 0.25) is 0 Å². The van der Waals surface area contributed by atoms with Crippen LogP contribution in [0.15, 0.2) is 53.8 Å². The van der Waals surface area contributed by atoms with Crippen LogP contribution < -0.4 is 19.9 Å². The maximum absolute atomic E-state index is 12.9. The Morgan fingerprint density at radius 1 is 0.935 bits per heavy atom. The lowest BCUT2D eigenvalue weighted by atomic mass is 10.0. The minimum atomic E-state index is 0.0216. The molecular weight excluding hydrogens is 394 g/mol. The Bertz CT molecular complexity index is 1310. The number of nitrogens with zero attached hydrogens (tertiary/aromatic N) is 5. The number of piperidine rings is 1. The van der Waals surface area contributed by atoms with Crippen LogP contribution in [0.4, 0.5) is 5.82 Å². The Balaban J connectivity index is 1.43. The molecule has 2 aromatic heterocycles. The fourth-order valence-corrected chi connectivity index (χ4v) is 4.38. The molecule has 158 valence electrons.